The molecule has 1 fully saturated rings. The molecule has 0 aromatic heterocycles. The average Bonchev–Trinajstić information content (AvgIpc) is 3.06. The van der Waals surface area contributed by atoms with E-state index in [0.717, 1.165) is 25.3 Å². The maximum Gasteiger partial charge on any atom is 0.325 e. The summed E-state index contributed by atoms with van der Waals surface area (Å²) in [5, 5.41) is 3.39. The molecule has 16 heavy (non-hydrogen) atoms. The van der Waals surface area contributed by atoms with Gasteiger partial charge in [0.2, 0.25) is 0 Å². The molecule has 0 radical (unpaired) electrons. The molecule has 1 rings (SSSR count). The van der Waals surface area contributed by atoms with E-state index in [1.54, 1.807) is 0 Å². The monoisotopic (exact) mass is 227 g/mol. The summed E-state index contributed by atoms with van der Waals surface area (Å²) in [6.45, 7) is 7.27. The molecule has 0 heterocycles. The number of carbonyl (C=O) groups is 1. The van der Waals surface area contributed by atoms with E-state index >= 15 is 0 Å². The molecule has 0 aromatic carbocycles. The number of methoxy groups -OCH3 is 1. The van der Waals surface area contributed by atoms with E-state index < -0.39 is 5.54 Å². The Hall–Kier alpha value is -0.570. The van der Waals surface area contributed by atoms with Crippen LogP contribution in [0.4, 0.5) is 0 Å². The summed E-state index contributed by atoms with van der Waals surface area (Å²) in [5.41, 5.74) is -0.498. The third-order valence-corrected chi connectivity index (χ3v) is 3.34. The lowest BCUT2D eigenvalue weighted by molar-refractivity contribution is -0.148. The molecular formula is C13H25NO2. The first-order valence-corrected chi connectivity index (χ1v) is 6.31. The van der Waals surface area contributed by atoms with Gasteiger partial charge >= 0.3 is 5.97 Å². The fourth-order valence-electron chi connectivity index (χ4n) is 1.76. The molecule has 0 aromatic rings. The van der Waals surface area contributed by atoms with E-state index in [-0.39, 0.29) is 5.97 Å². The second-order valence-electron chi connectivity index (χ2n) is 5.58. The highest BCUT2D eigenvalue weighted by atomic mass is 16.5. The normalized spacial score (nSPS) is 19.6. The predicted molar refractivity (Wildman–Crippen MR) is 65.2 cm³/mol. The SMILES string of the molecule is COC(=O)C(C)(CCC(C)C)NCC1CC1. The van der Waals surface area contributed by atoms with Crippen LogP contribution in [0.2, 0.25) is 0 Å². The summed E-state index contributed by atoms with van der Waals surface area (Å²) < 4.78 is 4.90. The third kappa shape index (κ3) is 4.12. The summed E-state index contributed by atoms with van der Waals surface area (Å²) in [5.74, 6) is 1.27. The van der Waals surface area contributed by atoms with Crippen LogP contribution in [0.15, 0.2) is 0 Å². The standard InChI is InChI=1S/C13H25NO2/c1-10(2)7-8-13(3,12(15)16-4)14-9-11-5-6-11/h10-11,14H,5-9H2,1-4H3. The van der Waals surface area contributed by atoms with Gasteiger partial charge in [0, 0.05) is 0 Å². The second-order valence-corrected chi connectivity index (χ2v) is 5.58. The van der Waals surface area contributed by atoms with Crippen molar-refractivity contribution in [3.05, 3.63) is 0 Å². The Labute approximate surface area is 98.9 Å². The lowest BCUT2D eigenvalue weighted by Gasteiger charge is -2.28. The molecule has 94 valence electrons. The highest BCUT2D eigenvalue weighted by molar-refractivity contribution is 5.80. The summed E-state index contributed by atoms with van der Waals surface area (Å²) >= 11 is 0. The van der Waals surface area contributed by atoms with Gasteiger partial charge in [-0.1, -0.05) is 13.8 Å². The maximum atomic E-state index is 11.8. The van der Waals surface area contributed by atoms with Crippen LogP contribution in [-0.4, -0.2) is 25.2 Å². The first-order chi connectivity index (χ1) is 7.48. The van der Waals surface area contributed by atoms with Crippen molar-refractivity contribution in [3.63, 3.8) is 0 Å². The van der Waals surface area contributed by atoms with Gasteiger partial charge in [-0.3, -0.25) is 4.79 Å². The zero-order valence-electron chi connectivity index (χ0n) is 11.0. The molecule has 1 atom stereocenters. The van der Waals surface area contributed by atoms with Gasteiger partial charge < -0.3 is 10.1 Å². The molecule has 0 amide bonds. The fourth-order valence-corrected chi connectivity index (χ4v) is 1.76. The minimum atomic E-state index is -0.498. The van der Waals surface area contributed by atoms with Gasteiger partial charge in [-0.05, 0) is 51.0 Å². The van der Waals surface area contributed by atoms with Crippen molar-refractivity contribution in [1.82, 2.24) is 5.32 Å². The molecule has 0 spiro atoms. The number of rotatable bonds is 7. The minimum absolute atomic E-state index is 0.131. The Morgan fingerprint density at radius 3 is 2.56 bits per heavy atom. The van der Waals surface area contributed by atoms with Crippen molar-refractivity contribution in [2.24, 2.45) is 11.8 Å². The largest absolute Gasteiger partial charge is 0.468 e. The summed E-state index contributed by atoms with van der Waals surface area (Å²) in [6, 6.07) is 0. The Morgan fingerprint density at radius 2 is 2.12 bits per heavy atom. The zero-order chi connectivity index (χ0) is 12.2. The van der Waals surface area contributed by atoms with Gasteiger partial charge in [0.15, 0.2) is 0 Å². The Kier molecular flexibility index (Phi) is 4.78. The van der Waals surface area contributed by atoms with E-state index in [9.17, 15) is 4.79 Å². The van der Waals surface area contributed by atoms with Gasteiger partial charge in [0.25, 0.3) is 0 Å². The van der Waals surface area contributed by atoms with Crippen molar-refractivity contribution < 1.29 is 9.53 Å². The molecular weight excluding hydrogens is 202 g/mol. The number of hydrogen-bond acceptors (Lipinski definition) is 3. The Morgan fingerprint density at radius 1 is 1.50 bits per heavy atom. The van der Waals surface area contributed by atoms with Gasteiger partial charge in [-0.15, -0.1) is 0 Å². The first-order valence-electron chi connectivity index (χ1n) is 6.31. The maximum absolute atomic E-state index is 11.8. The molecule has 0 aliphatic heterocycles. The highest BCUT2D eigenvalue weighted by Crippen LogP contribution is 2.29. The molecule has 3 heteroatoms. The van der Waals surface area contributed by atoms with Crippen molar-refractivity contribution in [1.29, 1.82) is 0 Å². The number of hydrogen-bond donors (Lipinski definition) is 1. The van der Waals surface area contributed by atoms with E-state index in [1.807, 2.05) is 6.92 Å². The van der Waals surface area contributed by atoms with Crippen LogP contribution in [0.5, 0.6) is 0 Å². The molecule has 0 saturated heterocycles. The van der Waals surface area contributed by atoms with Crippen LogP contribution in [0.25, 0.3) is 0 Å². The number of nitrogens with one attached hydrogen (secondary N) is 1. The Bertz CT molecular complexity index is 228. The molecule has 1 aliphatic carbocycles. The summed E-state index contributed by atoms with van der Waals surface area (Å²) in [6.07, 6.45) is 4.50. The van der Waals surface area contributed by atoms with Crippen LogP contribution >= 0.6 is 0 Å². The van der Waals surface area contributed by atoms with Crippen LogP contribution in [0.1, 0.15) is 46.5 Å². The third-order valence-electron chi connectivity index (χ3n) is 3.34. The average molecular weight is 227 g/mol. The molecule has 0 bridgehead atoms. The van der Waals surface area contributed by atoms with Gasteiger partial charge in [-0.25, -0.2) is 0 Å². The van der Waals surface area contributed by atoms with E-state index in [2.05, 4.69) is 19.2 Å². The first kappa shape index (κ1) is 13.5. The zero-order valence-corrected chi connectivity index (χ0v) is 11.0. The topological polar surface area (TPSA) is 38.3 Å². The van der Waals surface area contributed by atoms with Gasteiger partial charge in [-0.2, -0.15) is 0 Å². The van der Waals surface area contributed by atoms with Crippen LogP contribution < -0.4 is 5.32 Å². The molecule has 1 N–H and O–H groups in total. The lowest BCUT2D eigenvalue weighted by Crippen LogP contribution is -2.51. The van der Waals surface area contributed by atoms with Gasteiger partial charge in [0.05, 0.1) is 7.11 Å². The number of carbonyl (C=O) groups excluding carboxylic acids is 1. The van der Waals surface area contributed by atoms with E-state index in [0.29, 0.717) is 5.92 Å². The van der Waals surface area contributed by atoms with Crippen LogP contribution in [-0.2, 0) is 9.53 Å². The summed E-state index contributed by atoms with van der Waals surface area (Å²) in [4.78, 5) is 11.8. The minimum Gasteiger partial charge on any atom is -0.468 e. The number of esters is 1. The molecule has 1 saturated carbocycles. The predicted octanol–water partition coefficient (Wildman–Crippen LogP) is 2.35. The Balaban J connectivity index is 2.47. The highest BCUT2D eigenvalue weighted by Gasteiger charge is 2.35. The molecule has 3 nitrogen and oxygen atoms in total. The van der Waals surface area contributed by atoms with E-state index in [4.69, 9.17) is 4.74 Å². The van der Waals surface area contributed by atoms with Crippen molar-refractivity contribution in [2.45, 2.75) is 52.0 Å². The molecule has 1 aliphatic rings. The lowest BCUT2D eigenvalue weighted by atomic mass is 9.91. The van der Waals surface area contributed by atoms with E-state index in [1.165, 1.54) is 20.0 Å². The smallest absolute Gasteiger partial charge is 0.325 e. The second kappa shape index (κ2) is 5.67. The van der Waals surface area contributed by atoms with Crippen molar-refractivity contribution >= 4 is 5.97 Å². The quantitative estimate of drug-likeness (QED) is 0.678. The van der Waals surface area contributed by atoms with Crippen molar-refractivity contribution in [3.8, 4) is 0 Å². The van der Waals surface area contributed by atoms with Gasteiger partial charge in [0.1, 0.15) is 5.54 Å². The summed E-state index contributed by atoms with van der Waals surface area (Å²) in [7, 11) is 1.47. The molecule has 1 unspecified atom stereocenters. The number of ether oxygens (including phenoxy) is 1. The van der Waals surface area contributed by atoms with Crippen LogP contribution in [0, 0.1) is 11.8 Å². The fraction of sp³-hybridized carbons (Fsp3) is 0.923. The van der Waals surface area contributed by atoms with Crippen LogP contribution in [0.3, 0.4) is 0 Å². The van der Waals surface area contributed by atoms with Crippen molar-refractivity contribution in [2.75, 3.05) is 13.7 Å².